The second-order valence-corrected chi connectivity index (χ2v) is 4.95. The standard InChI is InChI=1S/C12H18N4O2/c1-14(2)10-4-5-11(17)16(13-10)8-9-6-12(18)15(3)7-9/h4-5,9H,6-8H2,1-3H3. The van der Waals surface area contributed by atoms with Gasteiger partial charge in [0.1, 0.15) is 5.82 Å². The first kappa shape index (κ1) is 12.6. The summed E-state index contributed by atoms with van der Waals surface area (Å²) in [6.07, 6.45) is 0.497. The average Bonchev–Trinajstić information content (AvgIpc) is 2.61. The zero-order chi connectivity index (χ0) is 13.3. The summed E-state index contributed by atoms with van der Waals surface area (Å²) < 4.78 is 1.45. The van der Waals surface area contributed by atoms with Crippen LogP contribution in [-0.2, 0) is 11.3 Å². The van der Waals surface area contributed by atoms with Gasteiger partial charge in [-0.3, -0.25) is 9.59 Å². The number of hydrogen-bond donors (Lipinski definition) is 0. The molecule has 1 fully saturated rings. The number of hydrogen-bond acceptors (Lipinski definition) is 4. The van der Waals surface area contributed by atoms with E-state index in [1.54, 1.807) is 18.0 Å². The maximum atomic E-state index is 11.7. The Hall–Kier alpha value is -1.85. The van der Waals surface area contributed by atoms with Crippen LogP contribution in [0.5, 0.6) is 0 Å². The quantitative estimate of drug-likeness (QED) is 0.744. The molecule has 0 saturated carbocycles. The number of aromatic nitrogens is 2. The van der Waals surface area contributed by atoms with Crippen molar-refractivity contribution in [3.63, 3.8) is 0 Å². The van der Waals surface area contributed by atoms with E-state index in [-0.39, 0.29) is 17.4 Å². The van der Waals surface area contributed by atoms with Gasteiger partial charge in [0, 0.05) is 52.6 Å². The summed E-state index contributed by atoms with van der Waals surface area (Å²) in [6.45, 7) is 1.19. The van der Waals surface area contributed by atoms with Crippen molar-refractivity contribution in [1.82, 2.24) is 14.7 Å². The highest BCUT2D eigenvalue weighted by Crippen LogP contribution is 2.17. The molecular formula is C12H18N4O2. The van der Waals surface area contributed by atoms with Crippen LogP contribution in [0.3, 0.4) is 0 Å². The molecule has 0 spiro atoms. The number of nitrogens with zero attached hydrogens (tertiary/aromatic N) is 4. The minimum Gasteiger partial charge on any atom is -0.361 e. The van der Waals surface area contributed by atoms with Gasteiger partial charge in [-0.05, 0) is 6.07 Å². The highest BCUT2D eigenvalue weighted by atomic mass is 16.2. The van der Waals surface area contributed by atoms with Gasteiger partial charge in [0.25, 0.3) is 5.56 Å². The molecule has 1 unspecified atom stereocenters. The molecule has 1 aliphatic heterocycles. The Kier molecular flexibility index (Phi) is 3.36. The van der Waals surface area contributed by atoms with Gasteiger partial charge in [-0.1, -0.05) is 0 Å². The topological polar surface area (TPSA) is 58.4 Å². The zero-order valence-corrected chi connectivity index (χ0v) is 11.0. The highest BCUT2D eigenvalue weighted by Gasteiger charge is 2.27. The first-order valence-corrected chi connectivity index (χ1v) is 5.97. The van der Waals surface area contributed by atoms with Crippen LogP contribution in [0.25, 0.3) is 0 Å². The maximum absolute atomic E-state index is 11.7. The molecule has 1 aliphatic rings. The van der Waals surface area contributed by atoms with E-state index in [4.69, 9.17) is 0 Å². The third-order valence-corrected chi connectivity index (χ3v) is 3.16. The summed E-state index contributed by atoms with van der Waals surface area (Å²) in [5.74, 6) is 1.05. The second kappa shape index (κ2) is 4.80. The minimum absolute atomic E-state index is 0.123. The van der Waals surface area contributed by atoms with Crippen molar-refractivity contribution in [2.24, 2.45) is 5.92 Å². The summed E-state index contributed by atoms with van der Waals surface area (Å²) in [7, 11) is 5.54. The third kappa shape index (κ3) is 2.52. The number of rotatable bonds is 3. The Morgan fingerprint density at radius 3 is 2.67 bits per heavy atom. The molecule has 1 amide bonds. The normalized spacial score (nSPS) is 19.4. The molecule has 2 rings (SSSR count). The molecule has 1 aromatic heterocycles. The van der Waals surface area contributed by atoms with Crippen molar-refractivity contribution in [2.75, 3.05) is 32.6 Å². The molecule has 1 aromatic rings. The molecule has 2 heterocycles. The van der Waals surface area contributed by atoms with Crippen LogP contribution in [-0.4, -0.2) is 48.3 Å². The molecule has 18 heavy (non-hydrogen) atoms. The van der Waals surface area contributed by atoms with E-state index in [0.29, 0.717) is 19.5 Å². The number of likely N-dealkylation sites (tertiary alicyclic amines) is 1. The van der Waals surface area contributed by atoms with Gasteiger partial charge >= 0.3 is 0 Å². The van der Waals surface area contributed by atoms with Crippen LogP contribution in [0.15, 0.2) is 16.9 Å². The maximum Gasteiger partial charge on any atom is 0.266 e. The summed E-state index contributed by atoms with van der Waals surface area (Å²) in [6, 6.07) is 3.22. The molecule has 0 aromatic carbocycles. The van der Waals surface area contributed by atoms with Crippen LogP contribution in [0, 0.1) is 5.92 Å². The lowest BCUT2D eigenvalue weighted by atomic mass is 10.1. The lowest BCUT2D eigenvalue weighted by Gasteiger charge is -2.15. The summed E-state index contributed by atoms with van der Waals surface area (Å²) >= 11 is 0. The lowest BCUT2D eigenvalue weighted by molar-refractivity contribution is -0.126. The first-order valence-electron chi connectivity index (χ1n) is 5.97. The van der Waals surface area contributed by atoms with Gasteiger partial charge in [-0.15, -0.1) is 0 Å². The predicted molar refractivity (Wildman–Crippen MR) is 68.6 cm³/mol. The Morgan fingerprint density at radius 1 is 1.39 bits per heavy atom. The lowest BCUT2D eigenvalue weighted by Crippen LogP contribution is -2.28. The van der Waals surface area contributed by atoms with Crippen molar-refractivity contribution >= 4 is 11.7 Å². The molecule has 0 N–H and O–H groups in total. The van der Waals surface area contributed by atoms with Gasteiger partial charge in [-0.25, -0.2) is 4.68 Å². The van der Waals surface area contributed by atoms with Crippen LogP contribution in [0.4, 0.5) is 5.82 Å². The van der Waals surface area contributed by atoms with Gasteiger partial charge < -0.3 is 9.80 Å². The van der Waals surface area contributed by atoms with Crippen molar-refractivity contribution in [3.8, 4) is 0 Å². The number of amides is 1. The fourth-order valence-corrected chi connectivity index (χ4v) is 2.13. The molecule has 0 aliphatic carbocycles. The van der Waals surface area contributed by atoms with Gasteiger partial charge in [0.2, 0.25) is 5.91 Å². The monoisotopic (exact) mass is 250 g/mol. The van der Waals surface area contributed by atoms with Gasteiger partial charge in [-0.2, -0.15) is 5.10 Å². The molecule has 1 saturated heterocycles. The van der Waals surface area contributed by atoms with Crippen LogP contribution in [0.2, 0.25) is 0 Å². The summed E-state index contributed by atoms with van der Waals surface area (Å²) in [5.41, 5.74) is -0.123. The Labute approximate surface area is 106 Å². The van der Waals surface area contributed by atoms with Crippen LogP contribution in [0.1, 0.15) is 6.42 Å². The van der Waals surface area contributed by atoms with Crippen molar-refractivity contribution in [3.05, 3.63) is 22.5 Å². The van der Waals surface area contributed by atoms with Gasteiger partial charge in [0.15, 0.2) is 0 Å². The SMILES string of the molecule is CN1CC(Cn2nc(N(C)C)ccc2=O)CC1=O. The minimum atomic E-state index is -0.123. The van der Waals surface area contributed by atoms with E-state index in [1.807, 2.05) is 19.0 Å². The number of carbonyl (C=O) groups is 1. The summed E-state index contributed by atoms with van der Waals surface area (Å²) in [4.78, 5) is 26.7. The van der Waals surface area contributed by atoms with Crippen molar-refractivity contribution in [1.29, 1.82) is 0 Å². The number of anilines is 1. The number of carbonyl (C=O) groups excluding carboxylic acids is 1. The van der Waals surface area contributed by atoms with E-state index in [1.165, 1.54) is 10.7 Å². The molecule has 6 heteroatoms. The molecule has 98 valence electrons. The molecule has 0 bridgehead atoms. The van der Waals surface area contributed by atoms with Gasteiger partial charge in [0.05, 0.1) is 0 Å². The second-order valence-electron chi connectivity index (χ2n) is 4.95. The van der Waals surface area contributed by atoms with E-state index in [2.05, 4.69) is 5.10 Å². The van der Waals surface area contributed by atoms with Crippen LogP contribution < -0.4 is 10.5 Å². The molecular weight excluding hydrogens is 232 g/mol. The van der Waals surface area contributed by atoms with Crippen molar-refractivity contribution in [2.45, 2.75) is 13.0 Å². The Bertz CT molecular complexity index is 509. The molecule has 1 atom stereocenters. The first-order chi connectivity index (χ1) is 8.47. The zero-order valence-electron chi connectivity index (χ0n) is 11.0. The van der Waals surface area contributed by atoms with Crippen molar-refractivity contribution < 1.29 is 4.79 Å². The van der Waals surface area contributed by atoms with E-state index in [0.717, 1.165) is 5.82 Å². The summed E-state index contributed by atoms with van der Waals surface area (Å²) in [5, 5.41) is 4.29. The predicted octanol–water partition coefficient (Wildman–Crippen LogP) is -0.212. The molecule has 0 radical (unpaired) electrons. The van der Waals surface area contributed by atoms with E-state index < -0.39 is 0 Å². The Balaban J connectivity index is 2.16. The fraction of sp³-hybridized carbons (Fsp3) is 0.583. The smallest absolute Gasteiger partial charge is 0.266 e. The fourth-order valence-electron chi connectivity index (χ4n) is 2.13. The molecule has 6 nitrogen and oxygen atoms in total. The van der Waals surface area contributed by atoms with E-state index in [9.17, 15) is 9.59 Å². The largest absolute Gasteiger partial charge is 0.361 e. The Morgan fingerprint density at radius 2 is 2.11 bits per heavy atom. The van der Waals surface area contributed by atoms with E-state index >= 15 is 0 Å². The van der Waals surface area contributed by atoms with Crippen LogP contribution >= 0.6 is 0 Å². The average molecular weight is 250 g/mol. The highest BCUT2D eigenvalue weighted by molar-refractivity contribution is 5.78. The third-order valence-electron chi connectivity index (χ3n) is 3.16.